The molecule has 1 heterocycles. The third kappa shape index (κ3) is 3.52. The van der Waals surface area contributed by atoms with E-state index in [4.69, 9.17) is 10.8 Å². The van der Waals surface area contributed by atoms with Crippen molar-refractivity contribution in [2.24, 2.45) is 5.73 Å². The van der Waals surface area contributed by atoms with Crippen molar-refractivity contribution in [1.82, 2.24) is 20.2 Å². The van der Waals surface area contributed by atoms with Crippen molar-refractivity contribution in [2.45, 2.75) is 17.6 Å². The molecular formula is C11H13N5O2S. The summed E-state index contributed by atoms with van der Waals surface area (Å²) < 4.78 is 1.61. The first kappa shape index (κ1) is 13.5. The SMILES string of the molecule is NC(CCSc1nnnn1-c1ccccc1)C(=O)O. The monoisotopic (exact) mass is 279 g/mol. The van der Waals surface area contributed by atoms with Gasteiger partial charge in [-0.3, -0.25) is 4.79 Å². The Morgan fingerprint density at radius 1 is 1.42 bits per heavy atom. The second-order valence-electron chi connectivity index (χ2n) is 3.79. The first-order chi connectivity index (χ1) is 9.18. The minimum Gasteiger partial charge on any atom is -0.480 e. The van der Waals surface area contributed by atoms with Crippen LogP contribution in [-0.4, -0.2) is 43.1 Å². The molecule has 2 aromatic rings. The fraction of sp³-hybridized carbons (Fsp3) is 0.273. The maximum absolute atomic E-state index is 10.6. The highest BCUT2D eigenvalue weighted by atomic mass is 32.2. The van der Waals surface area contributed by atoms with Gasteiger partial charge in [0.1, 0.15) is 6.04 Å². The number of thioether (sulfide) groups is 1. The Hall–Kier alpha value is -1.93. The Kier molecular flexibility index (Phi) is 4.48. The molecule has 0 aliphatic rings. The molecule has 0 saturated heterocycles. The topological polar surface area (TPSA) is 107 Å². The largest absolute Gasteiger partial charge is 0.480 e. The fourth-order valence-electron chi connectivity index (χ4n) is 1.40. The van der Waals surface area contributed by atoms with Crippen molar-refractivity contribution in [3.8, 4) is 5.69 Å². The van der Waals surface area contributed by atoms with E-state index >= 15 is 0 Å². The number of aliphatic carboxylic acids is 1. The van der Waals surface area contributed by atoms with Gasteiger partial charge in [-0.2, -0.15) is 4.68 Å². The average Bonchev–Trinajstić information content (AvgIpc) is 2.88. The highest BCUT2D eigenvalue weighted by Gasteiger charge is 2.13. The zero-order chi connectivity index (χ0) is 13.7. The minimum atomic E-state index is -0.997. The number of carbonyl (C=O) groups is 1. The number of benzene rings is 1. The number of nitrogens with two attached hydrogens (primary N) is 1. The van der Waals surface area contributed by atoms with Crippen molar-refractivity contribution in [3.05, 3.63) is 30.3 Å². The van der Waals surface area contributed by atoms with Crippen LogP contribution in [0.15, 0.2) is 35.5 Å². The third-order valence-electron chi connectivity index (χ3n) is 2.42. The van der Waals surface area contributed by atoms with Gasteiger partial charge in [-0.05, 0) is 29.0 Å². The Morgan fingerprint density at radius 2 is 2.16 bits per heavy atom. The van der Waals surface area contributed by atoms with E-state index in [9.17, 15) is 4.79 Å². The van der Waals surface area contributed by atoms with Crippen molar-refractivity contribution in [1.29, 1.82) is 0 Å². The highest BCUT2D eigenvalue weighted by Crippen LogP contribution is 2.18. The van der Waals surface area contributed by atoms with Crippen LogP contribution >= 0.6 is 11.8 Å². The van der Waals surface area contributed by atoms with Gasteiger partial charge >= 0.3 is 5.97 Å². The Bertz CT molecular complexity index is 545. The lowest BCUT2D eigenvalue weighted by molar-refractivity contribution is -0.138. The normalized spacial score (nSPS) is 12.3. The van der Waals surface area contributed by atoms with E-state index in [1.165, 1.54) is 11.8 Å². The van der Waals surface area contributed by atoms with Crippen molar-refractivity contribution < 1.29 is 9.90 Å². The van der Waals surface area contributed by atoms with Gasteiger partial charge in [0.05, 0.1) is 5.69 Å². The molecule has 19 heavy (non-hydrogen) atoms. The number of para-hydroxylation sites is 1. The lowest BCUT2D eigenvalue weighted by atomic mass is 10.2. The fourth-order valence-corrected chi connectivity index (χ4v) is 2.31. The molecule has 0 aliphatic heterocycles. The maximum atomic E-state index is 10.6. The molecule has 0 fully saturated rings. The van der Waals surface area contributed by atoms with Crippen LogP contribution in [-0.2, 0) is 4.79 Å². The highest BCUT2D eigenvalue weighted by molar-refractivity contribution is 7.99. The molecule has 0 aliphatic carbocycles. The van der Waals surface area contributed by atoms with Crippen LogP contribution in [0.3, 0.4) is 0 Å². The Balaban J connectivity index is 1.99. The lowest BCUT2D eigenvalue weighted by Crippen LogP contribution is -2.30. The molecule has 0 amide bonds. The summed E-state index contributed by atoms with van der Waals surface area (Å²) in [6, 6.07) is 8.63. The van der Waals surface area contributed by atoms with Crippen molar-refractivity contribution >= 4 is 17.7 Å². The summed E-state index contributed by atoms with van der Waals surface area (Å²) in [5.41, 5.74) is 6.29. The standard InChI is InChI=1S/C11H13N5O2S/c12-9(10(17)18)6-7-19-11-13-14-15-16(11)8-4-2-1-3-5-8/h1-5,9H,6-7,12H2,(H,17,18). The molecule has 0 radical (unpaired) electrons. The number of nitrogens with zero attached hydrogens (tertiary/aromatic N) is 4. The van der Waals surface area contributed by atoms with Crippen LogP contribution in [0.1, 0.15) is 6.42 Å². The summed E-state index contributed by atoms with van der Waals surface area (Å²) in [5, 5.41) is 20.7. The molecule has 7 nitrogen and oxygen atoms in total. The first-order valence-corrected chi connectivity index (χ1v) is 6.62. The lowest BCUT2D eigenvalue weighted by Gasteiger charge is -2.06. The van der Waals surface area contributed by atoms with Crippen LogP contribution in [0.25, 0.3) is 5.69 Å². The minimum absolute atomic E-state index is 0.363. The summed E-state index contributed by atoms with van der Waals surface area (Å²) >= 11 is 1.38. The zero-order valence-corrected chi connectivity index (χ0v) is 10.8. The Morgan fingerprint density at radius 3 is 2.84 bits per heavy atom. The van der Waals surface area contributed by atoms with Crippen molar-refractivity contribution in [3.63, 3.8) is 0 Å². The molecule has 2 rings (SSSR count). The van der Waals surface area contributed by atoms with Crippen LogP contribution in [0.4, 0.5) is 0 Å². The van der Waals surface area contributed by atoms with Gasteiger partial charge in [-0.25, -0.2) is 0 Å². The van der Waals surface area contributed by atoms with Crippen molar-refractivity contribution in [2.75, 3.05) is 5.75 Å². The molecule has 3 N–H and O–H groups in total. The van der Waals surface area contributed by atoms with E-state index in [1.54, 1.807) is 4.68 Å². The van der Waals surface area contributed by atoms with Gasteiger partial charge in [-0.15, -0.1) is 5.10 Å². The van der Waals surface area contributed by atoms with Gasteiger partial charge in [0.15, 0.2) is 0 Å². The van der Waals surface area contributed by atoms with Gasteiger partial charge in [0, 0.05) is 5.75 Å². The Labute approximate surface area is 113 Å². The van der Waals surface area contributed by atoms with Crippen LogP contribution in [0, 0.1) is 0 Å². The first-order valence-electron chi connectivity index (χ1n) is 5.63. The molecule has 0 bridgehead atoms. The van der Waals surface area contributed by atoms with Gasteiger partial charge in [-0.1, -0.05) is 30.0 Å². The molecule has 1 atom stereocenters. The smallest absolute Gasteiger partial charge is 0.320 e. The van der Waals surface area contributed by atoms with Gasteiger partial charge in [0.25, 0.3) is 0 Å². The zero-order valence-electron chi connectivity index (χ0n) is 10.0. The summed E-state index contributed by atoms with van der Waals surface area (Å²) in [4.78, 5) is 10.6. The van der Waals surface area contributed by atoms with Crippen LogP contribution in [0.2, 0.25) is 0 Å². The molecular weight excluding hydrogens is 266 g/mol. The maximum Gasteiger partial charge on any atom is 0.320 e. The number of tetrazole rings is 1. The molecule has 1 unspecified atom stereocenters. The molecule has 0 spiro atoms. The quantitative estimate of drug-likeness (QED) is 0.744. The summed E-state index contributed by atoms with van der Waals surface area (Å²) in [5.74, 6) is -0.455. The molecule has 1 aromatic carbocycles. The van der Waals surface area contributed by atoms with E-state index in [1.807, 2.05) is 30.3 Å². The molecule has 0 saturated carbocycles. The predicted octanol–water partition coefficient (Wildman–Crippen LogP) is 0.556. The number of carboxylic acid groups (broad SMARTS) is 1. The van der Waals surface area contributed by atoms with E-state index in [0.29, 0.717) is 17.3 Å². The number of hydrogen-bond acceptors (Lipinski definition) is 6. The van der Waals surface area contributed by atoms with E-state index < -0.39 is 12.0 Å². The summed E-state index contributed by atoms with van der Waals surface area (Å²) in [6.45, 7) is 0. The molecule has 1 aromatic heterocycles. The van der Waals surface area contributed by atoms with Gasteiger partial charge in [0.2, 0.25) is 5.16 Å². The number of aromatic nitrogens is 4. The molecule has 100 valence electrons. The van der Waals surface area contributed by atoms with Crippen LogP contribution < -0.4 is 5.73 Å². The number of hydrogen-bond donors (Lipinski definition) is 2. The second kappa shape index (κ2) is 6.30. The van der Waals surface area contributed by atoms with E-state index in [0.717, 1.165) is 5.69 Å². The number of rotatable bonds is 6. The second-order valence-corrected chi connectivity index (χ2v) is 4.85. The predicted molar refractivity (Wildman–Crippen MR) is 70.1 cm³/mol. The van der Waals surface area contributed by atoms with E-state index in [2.05, 4.69) is 15.5 Å². The summed E-state index contributed by atoms with van der Waals surface area (Å²) in [7, 11) is 0. The molecule has 8 heteroatoms. The summed E-state index contributed by atoms with van der Waals surface area (Å²) in [6.07, 6.45) is 0.363. The third-order valence-corrected chi connectivity index (χ3v) is 3.37. The van der Waals surface area contributed by atoms with E-state index in [-0.39, 0.29) is 0 Å². The van der Waals surface area contributed by atoms with Crippen LogP contribution in [0.5, 0.6) is 0 Å². The van der Waals surface area contributed by atoms with Gasteiger partial charge < -0.3 is 10.8 Å². The number of carboxylic acids is 1. The average molecular weight is 279 g/mol.